The third-order valence-corrected chi connectivity index (χ3v) is 3.32. The Labute approximate surface area is 109 Å². The normalized spacial score (nSPS) is 18.7. The van der Waals surface area contributed by atoms with Gasteiger partial charge in [-0.2, -0.15) is 0 Å². The van der Waals surface area contributed by atoms with Crippen molar-refractivity contribution in [3.05, 3.63) is 0 Å². The molecule has 0 aliphatic carbocycles. The van der Waals surface area contributed by atoms with E-state index in [1.54, 1.807) is 4.90 Å². The van der Waals surface area contributed by atoms with Crippen molar-refractivity contribution in [2.45, 2.75) is 32.6 Å². The van der Waals surface area contributed by atoms with Gasteiger partial charge in [-0.15, -0.1) is 0 Å². The molecular formula is C13H24N2O3. The number of carbonyl (C=O) groups is 2. The summed E-state index contributed by atoms with van der Waals surface area (Å²) in [5.41, 5.74) is 0. The summed E-state index contributed by atoms with van der Waals surface area (Å²) in [7, 11) is 1.35. The van der Waals surface area contributed by atoms with E-state index >= 15 is 0 Å². The van der Waals surface area contributed by atoms with Gasteiger partial charge in [-0.1, -0.05) is 6.92 Å². The Morgan fingerprint density at radius 3 is 2.78 bits per heavy atom. The predicted molar refractivity (Wildman–Crippen MR) is 69.1 cm³/mol. The number of hydrogen-bond acceptors (Lipinski definition) is 4. The maximum Gasteiger partial charge on any atom is 0.325 e. The number of methoxy groups -OCH3 is 1. The molecule has 1 rings (SSSR count). The van der Waals surface area contributed by atoms with Gasteiger partial charge in [0.2, 0.25) is 5.91 Å². The van der Waals surface area contributed by atoms with Crippen molar-refractivity contribution in [3.63, 3.8) is 0 Å². The fourth-order valence-corrected chi connectivity index (χ4v) is 2.23. The van der Waals surface area contributed by atoms with Gasteiger partial charge < -0.3 is 15.0 Å². The summed E-state index contributed by atoms with van der Waals surface area (Å²) < 4.78 is 4.61. The highest BCUT2D eigenvalue weighted by Crippen LogP contribution is 2.15. The van der Waals surface area contributed by atoms with E-state index in [0.717, 1.165) is 32.4 Å². The van der Waals surface area contributed by atoms with Crippen LogP contribution < -0.4 is 5.32 Å². The zero-order chi connectivity index (χ0) is 13.4. The molecule has 1 saturated heterocycles. The molecule has 1 heterocycles. The SMILES string of the molecule is CCCN(CC(=O)OC)C(=O)CCC1CCNC1. The number of nitrogens with zero attached hydrogens (tertiary/aromatic N) is 1. The maximum atomic E-state index is 12.0. The molecule has 1 unspecified atom stereocenters. The molecule has 5 nitrogen and oxygen atoms in total. The third-order valence-electron chi connectivity index (χ3n) is 3.32. The zero-order valence-electron chi connectivity index (χ0n) is 11.4. The van der Waals surface area contributed by atoms with E-state index in [9.17, 15) is 9.59 Å². The number of carbonyl (C=O) groups excluding carboxylic acids is 2. The van der Waals surface area contributed by atoms with Crippen molar-refractivity contribution < 1.29 is 14.3 Å². The molecule has 1 aliphatic rings. The lowest BCUT2D eigenvalue weighted by Crippen LogP contribution is -2.36. The Morgan fingerprint density at radius 2 is 2.22 bits per heavy atom. The largest absolute Gasteiger partial charge is 0.468 e. The van der Waals surface area contributed by atoms with Gasteiger partial charge in [-0.3, -0.25) is 9.59 Å². The molecule has 1 N–H and O–H groups in total. The van der Waals surface area contributed by atoms with E-state index in [1.807, 2.05) is 6.92 Å². The van der Waals surface area contributed by atoms with Gasteiger partial charge in [0.25, 0.3) is 0 Å². The Kier molecular flexibility index (Phi) is 6.72. The summed E-state index contributed by atoms with van der Waals surface area (Å²) in [4.78, 5) is 24.9. The summed E-state index contributed by atoms with van der Waals surface area (Å²) in [6.07, 6.45) is 3.45. The maximum absolute atomic E-state index is 12.0. The number of hydrogen-bond donors (Lipinski definition) is 1. The zero-order valence-corrected chi connectivity index (χ0v) is 11.4. The van der Waals surface area contributed by atoms with Crippen LogP contribution in [0.25, 0.3) is 0 Å². The molecule has 1 amide bonds. The minimum absolute atomic E-state index is 0.0640. The van der Waals surface area contributed by atoms with Crippen molar-refractivity contribution in [1.29, 1.82) is 0 Å². The lowest BCUT2D eigenvalue weighted by atomic mass is 10.0. The minimum Gasteiger partial charge on any atom is -0.468 e. The van der Waals surface area contributed by atoms with Gasteiger partial charge >= 0.3 is 5.97 Å². The van der Waals surface area contributed by atoms with Crippen LogP contribution >= 0.6 is 0 Å². The van der Waals surface area contributed by atoms with Crippen LogP contribution in [-0.2, 0) is 14.3 Å². The highest BCUT2D eigenvalue weighted by molar-refractivity contribution is 5.82. The van der Waals surface area contributed by atoms with Crippen LogP contribution in [0.1, 0.15) is 32.6 Å². The molecule has 0 bridgehead atoms. The molecule has 0 aromatic rings. The average molecular weight is 256 g/mol. The smallest absolute Gasteiger partial charge is 0.325 e. The third kappa shape index (κ3) is 5.04. The standard InChI is InChI=1S/C13H24N2O3/c1-3-8-15(10-13(17)18-2)12(16)5-4-11-6-7-14-9-11/h11,14H,3-10H2,1-2H3. The first-order valence-electron chi connectivity index (χ1n) is 6.72. The number of ether oxygens (including phenoxy) is 1. The fourth-order valence-electron chi connectivity index (χ4n) is 2.23. The van der Waals surface area contributed by atoms with Crippen molar-refractivity contribution in [2.75, 3.05) is 33.3 Å². The van der Waals surface area contributed by atoms with Gasteiger partial charge in [0.05, 0.1) is 7.11 Å². The van der Waals surface area contributed by atoms with Crippen LogP contribution in [0.3, 0.4) is 0 Å². The van der Waals surface area contributed by atoms with E-state index in [0.29, 0.717) is 18.9 Å². The number of esters is 1. The van der Waals surface area contributed by atoms with E-state index < -0.39 is 0 Å². The van der Waals surface area contributed by atoms with Crippen LogP contribution in [0.15, 0.2) is 0 Å². The lowest BCUT2D eigenvalue weighted by Gasteiger charge is -2.21. The molecule has 5 heteroatoms. The first kappa shape index (κ1) is 15.0. The molecule has 1 atom stereocenters. The molecule has 0 aromatic carbocycles. The quantitative estimate of drug-likeness (QED) is 0.684. The van der Waals surface area contributed by atoms with Crippen LogP contribution in [0, 0.1) is 5.92 Å². The van der Waals surface area contributed by atoms with E-state index in [2.05, 4.69) is 10.1 Å². The van der Waals surface area contributed by atoms with Gasteiger partial charge in [-0.05, 0) is 38.3 Å². The average Bonchev–Trinajstić information content (AvgIpc) is 2.88. The lowest BCUT2D eigenvalue weighted by molar-refractivity contribution is -0.147. The van der Waals surface area contributed by atoms with Crippen molar-refractivity contribution in [3.8, 4) is 0 Å². The summed E-state index contributed by atoms with van der Waals surface area (Å²) in [5.74, 6) is 0.323. The predicted octanol–water partition coefficient (Wildman–Crippen LogP) is 0.788. The molecule has 18 heavy (non-hydrogen) atoms. The van der Waals surface area contributed by atoms with Crippen LogP contribution in [0.5, 0.6) is 0 Å². The molecule has 0 aromatic heterocycles. The summed E-state index contributed by atoms with van der Waals surface area (Å²) in [6, 6.07) is 0. The Bertz CT molecular complexity index is 275. The highest BCUT2D eigenvalue weighted by atomic mass is 16.5. The van der Waals surface area contributed by atoms with Gasteiger partial charge in [0.15, 0.2) is 0 Å². The number of nitrogens with one attached hydrogen (secondary N) is 1. The Balaban J connectivity index is 2.35. The topological polar surface area (TPSA) is 58.6 Å². The highest BCUT2D eigenvalue weighted by Gasteiger charge is 2.20. The molecule has 0 spiro atoms. The Hall–Kier alpha value is -1.10. The first-order chi connectivity index (χ1) is 8.67. The number of rotatable bonds is 7. The van der Waals surface area contributed by atoms with E-state index in [-0.39, 0.29) is 18.4 Å². The van der Waals surface area contributed by atoms with E-state index in [4.69, 9.17) is 0 Å². The molecule has 1 fully saturated rings. The second-order valence-electron chi connectivity index (χ2n) is 4.79. The van der Waals surface area contributed by atoms with Gasteiger partial charge in [0, 0.05) is 13.0 Å². The summed E-state index contributed by atoms with van der Waals surface area (Å²) in [5, 5.41) is 3.29. The molecule has 0 saturated carbocycles. The summed E-state index contributed by atoms with van der Waals surface area (Å²) >= 11 is 0. The fraction of sp³-hybridized carbons (Fsp3) is 0.846. The van der Waals surface area contributed by atoms with Crippen molar-refractivity contribution in [1.82, 2.24) is 10.2 Å². The van der Waals surface area contributed by atoms with Crippen LogP contribution in [0.2, 0.25) is 0 Å². The van der Waals surface area contributed by atoms with E-state index in [1.165, 1.54) is 7.11 Å². The second kappa shape index (κ2) is 8.08. The minimum atomic E-state index is -0.348. The molecule has 104 valence electrons. The first-order valence-corrected chi connectivity index (χ1v) is 6.72. The summed E-state index contributed by atoms with van der Waals surface area (Å²) in [6.45, 7) is 4.76. The Morgan fingerprint density at radius 1 is 1.44 bits per heavy atom. The van der Waals surface area contributed by atoms with Crippen molar-refractivity contribution in [2.24, 2.45) is 5.92 Å². The monoisotopic (exact) mass is 256 g/mol. The number of amides is 1. The molecule has 0 radical (unpaired) electrons. The molecular weight excluding hydrogens is 232 g/mol. The van der Waals surface area contributed by atoms with Gasteiger partial charge in [0.1, 0.15) is 6.54 Å². The second-order valence-corrected chi connectivity index (χ2v) is 4.79. The van der Waals surface area contributed by atoms with Crippen LogP contribution in [0.4, 0.5) is 0 Å². The van der Waals surface area contributed by atoms with Crippen LogP contribution in [-0.4, -0.2) is 50.1 Å². The van der Waals surface area contributed by atoms with Gasteiger partial charge in [-0.25, -0.2) is 0 Å². The van der Waals surface area contributed by atoms with Crippen molar-refractivity contribution >= 4 is 11.9 Å². The molecule has 1 aliphatic heterocycles.